The van der Waals surface area contributed by atoms with Crippen molar-refractivity contribution in [2.24, 2.45) is 0 Å². The summed E-state index contributed by atoms with van der Waals surface area (Å²) in [6.07, 6.45) is 2.49. The van der Waals surface area contributed by atoms with Crippen LogP contribution in [0.4, 0.5) is 0 Å². The number of ketones is 1. The van der Waals surface area contributed by atoms with Gasteiger partial charge in [-0.2, -0.15) is 11.9 Å². The van der Waals surface area contributed by atoms with Gasteiger partial charge in [0, 0.05) is 18.6 Å². The Labute approximate surface area is 232 Å². The molecule has 0 bridgehead atoms. The molecule has 8 nitrogen and oxygen atoms in total. The number of methoxy groups -OCH3 is 2. The van der Waals surface area contributed by atoms with E-state index in [1.807, 2.05) is 24.4 Å². The minimum absolute atomic E-state index is 0.0860. The molecule has 2 heterocycles. The summed E-state index contributed by atoms with van der Waals surface area (Å²) in [5, 5.41) is 31.9. The minimum Gasteiger partial charge on any atom is -0.667 e. The van der Waals surface area contributed by atoms with Gasteiger partial charge in [-0.3, -0.25) is 4.79 Å². The van der Waals surface area contributed by atoms with Crippen molar-refractivity contribution in [2.45, 2.75) is 38.2 Å². The maximum Gasteiger partial charge on any atom is 0.335 e. The van der Waals surface area contributed by atoms with Crippen molar-refractivity contribution >= 4 is 5.78 Å². The van der Waals surface area contributed by atoms with Gasteiger partial charge in [-0.15, -0.1) is 0 Å². The van der Waals surface area contributed by atoms with Crippen LogP contribution < -0.4 is 14.5 Å². The molecule has 1 aliphatic rings. The van der Waals surface area contributed by atoms with Crippen LogP contribution in [0.25, 0.3) is 11.1 Å². The molecule has 4 N–H and O–H groups in total. The van der Waals surface area contributed by atoms with Gasteiger partial charge in [-0.1, -0.05) is 55.8 Å². The van der Waals surface area contributed by atoms with Crippen LogP contribution in [0.3, 0.4) is 0 Å². The third-order valence-electron chi connectivity index (χ3n) is 7.41. The number of hydrogen-bond donors (Lipinski definition) is 3. The highest BCUT2D eigenvalue weighted by atomic mass is 16.5. The van der Waals surface area contributed by atoms with Crippen LogP contribution in [-0.4, -0.2) is 46.7 Å². The molecular formula is C32H33NO7. The van der Waals surface area contributed by atoms with E-state index in [9.17, 15) is 20.1 Å². The van der Waals surface area contributed by atoms with Crippen LogP contribution in [0.1, 0.15) is 53.3 Å². The molecule has 1 aliphatic heterocycles. The van der Waals surface area contributed by atoms with Crippen LogP contribution in [0.15, 0.2) is 60.8 Å². The standard InChI is InChI=1S/C32H32NO7/c1-4-23-13-21(16-33-23)19-6-5-7-20(12-19)22(17-38-2)14-25-29(36)32(39-3)30(37)28-26(35)15-27(40-31(25)28)18-8-10-24(34)11-9-18/h5-13,16,22,27,34H,4,14-15,17H2,1-3H3,(H2,35,36,37)/q-1/p+1/t22-,27?/m0/s1. The molecule has 1 unspecified atom stereocenters. The van der Waals surface area contributed by atoms with Crippen molar-refractivity contribution in [1.82, 2.24) is 4.98 Å². The molecule has 0 radical (unpaired) electrons. The van der Waals surface area contributed by atoms with Crippen LogP contribution >= 0.6 is 0 Å². The van der Waals surface area contributed by atoms with E-state index in [1.165, 1.54) is 7.11 Å². The van der Waals surface area contributed by atoms with Crippen molar-refractivity contribution in [1.29, 1.82) is 0 Å². The predicted octanol–water partition coefficient (Wildman–Crippen LogP) is 5.39. The summed E-state index contributed by atoms with van der Waals surface area (Å²) in [7, 11) is 2.97. The highest BCUT2D eigenvalue weighted by molar-refractivity contribution is 6.05. The number of nitrogens with zero attached hydrogens (tertiary/aromatic N) is 1. The third-order valence-corrected chi connectivity index (χ3v) is 7.41. The summed E-state index contributed by atoms with van der Waals surface area (Å²) in [4.78, 5) is 15.5. The van der Waals surface area contributed by atoms with E-state index in [0.717, 1.165) is 34.4 Å². The Morgan fingerprint density at radius 3 is 2.48 bits per heavy atom. The Kier molecular flexibility index (Phi) is 7.71. The van der Waals surface area contributed by atoms with Gasteiger partial charge in [0.15, 0.2) is 17.1 Å². The lowest BCUT2D eigenvalue weighted by Gasteiger charge is -2.28. The molecule has 0 fully saturated rings. The Morgan fingerprint density at radius 1 is 1.02 bits per heavy atom. The zero-order valence-corrected chi connectivity index (χ0v) is 22.7. The number of aryl methyl sites for hydroxylation is 1. The lowest BCUT2D eigenvalue weighted by Crippen LogP contribution is -2.23. The molecule has 0 aliphatic carbocycles. The molecule has 0 saturated heterocycles. The van der Waals surface area contributed by atoms with Gasteiger partial charge in [0.25, 0.3) is 0 Å². The summed E-state index contributed by atoms with van der Waals surface area (Å²) in [6.45, 7) is 2.41. The smallest absolute Gasteiger partial charge is 0.335 e. The quantitative estimate of drug-likeness (QED) is 0.242. The monoisotopic (exact) mass is 543 g/mol. The van der Waals surface area contributed by atoms with Crippen molar-refractivity contribution < 1.29 is 34.3 Å². The van der Waals surface area contributed by atoms with Crippen LogP contribution in [0.2, 0.25) is 0 Å². The minimum atomic E-state index is -0.596. The second kappa shape index (κ2) is 11.4. The van der Waals surface area contributed by atoms with Crippen molar-refractivity contribution in [3.63, 3.8) is 0 Å². The number of carbonyl (C=O) groups excluding carboxylic acids is 1. The van der Waals surface area contributed by atoms with Crippen molar-refractivity contribution in [3.8, 4) is 39.9 Å². The molecule has 1 aromatic heterocycles. The van der Waals surface area contributed by atoms with E-state index in [0.29, 0.717) is 12.2 Å². The average Bonchev–Trinajstić information content (AvgIpc) is 3.45. The fourth-order valence-corrected chi connectivity index (χ4v) is 5.30. The fraction of sp³-hybridized carbons (Fsp3) is 0.281. The zero-order valence-electron chi connectivity index (χ0n) is 22.7. The first-order valence-corrected chi connectivity index (χ1v) is 13.2. The maximum absolute atomic E-state index is 11.3. The molecular weight excluding hydrogens is 510 g/mol. The molecule has 40 heavy (non-hydrogen) atoms. The summed E-state index contributed by atoms with van der Waals surface area (Å²) in [5.74, 6) is -0.778. The molecule has 8 heteroatoms. The second-order valence-corrected chi connectivity index (χ2v) is 9.95. The van der Waals surface area contributed by atoms with Crippen LogP contribution in [0, 0.1) is 0 Å². The van der Waals surface area contributed by atoms with E-state index in [4.69, 9.17) is 14.2 Å². The van der Waals surface area contributed by atoms with Gasteiger partial charge in [-0.25, -0.2) is 0 Å². The maximum atomic E-state index is 11.3. The predicted molar refractivity (Wildman–Crippen MR) is 151 cm³/mol. The third kappa shape index (κ3) is 5.10. The summed E-state index contributed by atoms with van der Waals surface area (Å²) >= 11 is 0. The number of phenolic OH excluding ortho intramolecular Hbond substituents is 3. The van der Waals surface area contributed by atoms with Gasteiger partial charge in [0.1, 0.15) is 24.0 Å². The zero-order chi connectivity index (χ0) is 28.4. The first-order valence-electron chi connectivity index (χ1n) is 13.2. The topological polar surface area (TPSA) is 124 Å². The van der Waals surface area contributed by atoms with Gasteiger partial charge in [0.2, 0.25) is 5.75 Å². The van der Waals surface area contributed by atoms with Gasteiger partial charge < -0.3 is 34.5 Å². The number of aromatic hydroxyl groups is 3. The Morgan fingerprint density at radius 2 is 1.80 bits per heavy atom. The lowest BCUT2D eigenvalue weighted by molar-refractivity contribution is 0.175. The summed E-state index contributed by atoms with van der Waals surface area (Å²) < 4.78 is 17.3. The molecule has 0 saturated carbocycles. The van der Waals surface area contributed by atoms with Gasteiger partial charge >= 0.3 is 5.78 Å². The first kappa shape index (κ1) is 27.1. The number of rotatable bonds is 9. The molecule has 2 atom stereocenters. The van der Waals surface area contributed by atoms with Gasteiger partial charge in [-0.05, 0) is 40.8 Å². The number of ether oxygens (including phenoxy) is 3. The second-order valence-electron chi connectivity index (χ2n) is 9.95. The number of hydrogen-bond acceptors (Lipinski definition) is 6. The number of aromatic nitrogens is 1. The summed E-state index contributed by atoms with van der Waals surface area (Å²) in [5.41, 5.74) is 5.27. The molecule has 208 valence electrons. The average molecular weight is 544 g/mol. The van der Waals surface area contributed by atoms with E-state index < -0.39 is 6.10 Å². The highest BCUT2D eigenvalue weighted by Gasteiger charge is 2.40. The van der Waals surface area contributed by atoms with Crippen LogP contribution in [0.5, 0.6) is 28.7 Å². The van der Waals surface area contributed by atoms with E-state index in [-0.39, 0.29) is 58.9 Å². The lowest BCUT2D eigenvalue weighted by atomic mass is 9.86. The number of phenols is 3. The SMILES string of the molecule is CCc1cc(-c2cccc([C@H](COC)Cc3c(O)c(OC)c(O)c4c3OC(c3ccc(O)cc3)CC4=[OH+])c2)c[n-]1. The Balaban J connectivity index is 1.57. The molecule has 0 spiro atoms. The number of benzene rings is 3. The first-order chi connectivity index (χ1) is 19.3. The van der Waals surface area contributed by atoms with Crippen molar-refractivity contribution in [2.75, 3.05) is 20.8 Å². The van der Waals surface area contributed by atoms with E-state index >= 15 is 0 Å². The number of fused-ring (bicyclic) bond motifs is 1. The van der Waals surface area contributed by atoms with Crippen LogP contribution in [-0.2, 0) is 17.6 Å². The molecule has 0 amide bonds. The molecule has 3 aromatic carbocycles. The Hall–Kier alpha value is -4.43. The largest absolute Gasteiger partial charge is 0.667 e. The summed E-state index contributed by atoms with van der Waals surface area (Å²) in [6, 6.07) is 16.7. The van der Waals surface area contributed by atoms with E-state index in [1.54, 1.807) is 31.4 Å². The molecule has 4 aromatic rings. The van der Waals surface area contributed by atoms with Crippen molar-refractivity contribution in [3.05, 3.63) is 88.7 Å². The highest BCUT2D eigenvalue weighted by Crippen LogP contribution is 2.52. The van der Waals surface area contributed by atoms with E-state index in [2.05, 4.69) is 24.0 Å². The normalized spacial score (nSPS) is 15.4. The molecule has 5 rings (SSSR count). The Bertz CT molecular complexity index is 1520. The van der Waals surface area contributed by atoms with Gasteiger partial charge in [0.05, 0.1) is 13.7 Å². The fourth-order valence-electron chi connectivity index (χ4n) is 5.30.